The molecular weight excluding hydrogens is 296 g/mol. The minimum absolute atomic E-state index is 0.174. The summed E-state index contributed by atoms with van der Waals surface area (Å²) < 4.78 is 5.51. The van der Waals surface area contributed by atoms with Crippen molar-refractivity contribution in [1.29, 1.82) is 0 Å². The fourth-order valence-corrected chi connectivity index (χ4v) is 2.84. The highest BCUT2D eigenvalue weighted by Crippen LogP contribution is 2.14. The zero-order chi connectivity index (χ0) is 17.5. The maximum absolute atomic E-state index is 12.0. The van der Waals surface area contributed by atoms with Gasteiger partial charge in [-0.3, -0.25) is 0 Å². The predicted octanol–water partition coefficient (Wildman–Crippen LogP) is 6.71. The zero-order valence-electron chi connectivity index (χ0n) is 15.3. The Bertz CT molecular complexity index is 439. The van der Waals surface area contributed by atoms with Gasteiger partial charge in [-0.2, -0.15) is 0 Å². The maximum Gasteiger partial charge on any atom is 0.338 e. The Labute approximate surface area is 148 Å². The van der Waals surface area contributed by atoms with Crippen LogP contribution in [0.25, 0.3) is 0 Å². The summed E-state index contributed by atoms with van der Waals surface area (Å²) in [6, 6.07) is 9.15. The molecule has 0 heterocycles. The van der Waals surface area contributed by atoms with E-state index in [0.717, 1.165) is 12.8 Å². The second-order valence-corrected chi connectivity index (χ2v) is 6.52. The predicted molar refractivity (Wildman–Crippen MR) is 102 cm³/mol. The van der Waals surface area contributed by atoms with Crippen molar-refractivity contribution in [2.24, 2.45) is 0 Å². The minimum atomic E-state index is -0.257. The van der Waals surface area contributed by atoms with Gasteiger partial charge in [0, 0.05) is 0 Å². The van der Waals surface area contributed by atoms with Gasteiger partial charge in [-0.05, 0) is 25.0 Å². The second kappa shape index (κ2) is 13.8. The van der Waals surface area contributed by atoms with Gasteiger partial charge in [-0.15, -0.1) is 0 Å². The van der Waals surface area contributed by atoms with Gasteiger partial charge in [0.25, 0.3) is 0 Å². The first kappa shape index (κ1) is 20.5. The fraction of sp³-hybridized carbons (Fsp3) is 0.591. The molecule has 0 unspecified atom stereocenters. The maximum atomic E-state index is 12.0. The number of benzene rings is 1. The lowest BCUT2D eigenvalue weighted by atomic mass is 10.0. The molecule has 0 aliphatic heterocycles. The molecule has 134 valence electrons. The van der Waals surface area contributed by atoms with Crippen molar-refractivity contribution in [1.82, 2.24) is 0 Å². The molecule has 0 saturated heterocycles. The number of carbonyl (C=O) groups excluding carboxylic acids is 1. The number of unbranched alkanes of at least 4 members (excludes halogenated alkanes) is 9. The average molecular weight is 331 g/mol. The normalized spacial score (nSPS) is 11.9. The van der Waals surface area contributed by atoms with Crippen LogP contribution in [-0.4, -0.2) is 12.1 Å². The van der Waals surface area contributed by atoms with E-state index in [2.05, 4.69) is 13.5 Å². The van der Waals surface area contributed by atoms with Gasteiger partial charge in [-0.1, -0.05) is 95.6 Å². The molecule has 1 aromatic carbocycles. The Balaban J connectivity index is 2.06. The molecule has 0 aliphatic rings. The summed E-state index contributed by atoms with van der Waals surface area (Å²) in [5, 5.41) is 0. The molecule has 0 bridgehead atoms. The summed E-state index contributed by atoms with van der Waals surface area (Å²) in [6.45, 7) is 6.05. The summed E-state index contributed by atoms with van der Waals surface area (Å²) in [5.41, 5.74) is 0.604. The van der Waals surface area contributed by atoms with Crippen LogP contribution in [0.1, 0.15) is 87.9 Å². The Morgan fingerprint density at radius 1 is 0.958 bits per heavy atom. The standard InChI is InChI=1S/C22H34O2/c1-3-5-6-7-8-9-10-11-12-16-19-21(4-2)24-22(23)20-17-14-13-15-18-20/h4,13-15,17-18,21H,2-3,5-12,16,19H2,1H3/t21-/m0/s1. The summed E-state index contributed by atoms with van der Waals surface area (Å²) in [5.74, 6) is -0.257. The lowest BCUT2D eigenvalue weighted by Gasteiger charge is -2.14. The van der Waals surface area contributed by atoms with Gasteiger partial charge in [0.1, 0.15) is 6.10 Å². The highest BCUT2D eigenvalue weighted by atomic mass is 16.5. The average Bonchev–Trinajstić information content (AvgIpc) is 2.62. The molecule has 0 radical (unpaired) electrons. The first-order chi connectivity index (χ1) is 11.8. The molecule has 2 heteroatoms. The molecular formula is C22H34O2. The van der Waals surface area contributed by atoms with E-state index >= 15 is 0 Å². The first-order valence-electron chi connectivity index (χ1n) is 9.66. The van der Waals surface area contributed by atoms with Crippen LogP contribution in [0.15, 0.2) is 43.0 Å². The lowest BCUT2D eigenvalue weighted by molar-refractivity contribution is 0.0376. The molecule has 24 heavy (non-hydrogen) atoms. The highest BCUT2D eigenvalue weighted by Gasteiger charge is 2.12. The van der Waals surface area contributed by atoms with E-state index in [1.807, 2.05) is 18.2 Å². The Morgan fingerprint density at radius 2 is 1.50 bits per heavy atom. The van der Waals surface area contributed by atoms with Crippen molar-refractivity contribution in [2.45, 2.75) is 83.7 Å². The molecule has 2 nitrogen and oxygen atoms in total. The van der Waals surface area contributed by atoms with Crippen LogP contribution in [0, 0.1) is 0 Å². The van der Waals surface area contributed by atoms with Crippen molar-refractivity contribution in [3.63, 3.8) is 0 Å². The Hall–Kier alpha value is -1.57. The van der Waals surface area contributed by atoms with Crippen molar-refractivity contribution in [3.05, 3.63) is 48.6 Å². The number of hydrogen-bond donors (Lipinski definition) is 0. The zero-order valence-corrected chi connectivity index (χ0v) is 15.3. The van der Waals surface area contributed by atoms with E-state index in [-0.39, 0.29) is 12.1 Å². The smallest absolute Gasteiger partial charge is 0.338 e. The number of esters is 1. The number of ether oxygens (including phenoxy) is 1. The molecule has 0 saturated carbocycles. The van der Waals surface area contributed by atoms with Crippen molar-refractivity contribution >= 4 is 5.97 Å². The SMILES string of the molecule is C=C[C@@H](CCCCCCCCCCCC)OC(=O)c1ccccc1. The van der Waals surface area contributed by atoms with Crippen LogP contribution in [0.2, 0.25) is 0 Å². The van der Waals surface area contributed by atoms with Crippen LogP contribution < -0.4 is 0 Å². The highest BCUT2D eigenvalue weighted by molar-refractivity contribution is 5.89. The van der Waals surface area contributed by atoms with E-state index in [1.165, 1.54) is 57.8 Å². The van der Waals surface area contributed by atoms with E-state index in [0.29, 0.717) is 5.56 Å². The first-order valence-corrected chi connectivity index (χ1v) is 9.66. The Morgan fingerprint density at radius 3 is 2.04 bits per heavy atom. The van der Waals surface area contributed by atoms with Gasteiger partial charge in [-0.25, -0.2) is 4.79 Å². The topological polar surface area (TPSA) is 26.3 Å². The number of carbonyl (C=O) groups is 1. The van der Waals surface area contributed by atoms with E-state index in [4.69, 9.17) is 4.74 Å². The second-order valence-electron chi connectivity index (χ2n) is 6.52. The molecule has 1 rings (SSSR count). The molecule has 1 atom stereocenters. The monoisotopic (exact) mass is 330 g/mol. The quantitative estimate of drug-likeness (QED) is 0.215. The van der Waals surface area contributed by atoms with Crippen LogP contribution in [0.3, 0.4) is 0 Å². The van der Waals surface area contributed by atoms with Gasteiger partial charge in [0.05, 0.1) is 5.56 Å². The lowest BCUT2D eigenvalue weighted by Crippen LogP contribution is -2.16. The third-order valence-corrected chi connectivity index (χ3v) is 4.37. The van der Waals surface area contributed by atoms with E-state index in [9.17, 15) is 4.79 Å². The van der Waals surface area contributed by atoms with Gasteiger partial charge in [0.2, 0.25) is 0 Å². The van der Waals surface area contributed by atoms with E-state index < -0.39 is 0 Å². The van der Waals surface area contributed by atoms with Gasteiger partial charge < -0.3 is 4.74 Å². The molecule has 0 fully saturated rings. The van der Waals surface area contributed by atoms with E-state index in [1.54, 1.807) is 18.2 Å². The molecule has 0 N–H and O–H groups in total. The third kappa shape index (κ3) is 9.54. The summed E-state index contributed by atoms with van der Waals surface area (Å²) in [6.07, 6.45) is 15.6. The molecule has 1 aromatic rings. The van der Waals surface area contributed by atoms with Gasteiger partial charge in [0.15, 0.2) is 0 Å². The van der Waals surface area contributed by atoms with Crippen molar-refractivity contribution in [2.75, 3.05) is 0 Å². The van der Waals surface area contributed by atoms with Crippen LogP contribution in [0.5, 0.6) is 0 Å². The van der Waals surface area contributed by atoms with Crippen LogP contribution >= 0.6 is 0 Å². The minimum Gasteiger partial charge on any atom is -0.455 e. The largest absolute Gasteiger partial charge is 0.455 e. The Kier molecular flexibility index (Phi) is 11.8. The number of rotatable bonds is 14. The van der Waals surface area contributed by atoms with Crippen molar-refractivity contribution < 1.29 is 9.53 Å². The summed E-state index contributed by atoms with van der Waals surface area (Å²) >= 11 is 0. The molecule has 0 amide bonds. The number of hydrogen-bond acceptors (Lipinski definition) is 2. The third-order valence-electron chi connectivity index (χ3n) is 4.37. The summed E-state index contributed by atoms with van der Waals surface area (Å²) in [7, 11) is 0. The fourth-order valence-electron chi connectivity index (χ4n) is 2.84. The molecule has 0 aliphatic carbocycles. The summed E-state index contributed by atoms with van der Waals surface area (Å²) in [4.78, 5) is 12.0. The van der Waals surface area contributed by atoms with Gasteiger partial charge >= 0.3 is 5.97 Å². The molecule has 0 aromatic heterocycles. The molecule has 0 spiro atoms. The van der Waals surface area contributed by atoms with Crippen LogP contribution in [-0.2, 0) is 4.74 Å². The van der Waals surface area contributed by atoms with Crippen LogP contribution in [0.4, 0.5) is 0 Å². The van der Waals surface area contributed by atoms with Crippen molar-refractivity contribution in [3.8, 4) is 0 Å².